The maximum atomic E-state index is 14.0. The van der Waals surface area contributed by atoms with Gasteiger partial charge in [0, 0.05) is 20.1 Å². The molecule has 0 bridgehead atoms. The minimum Gasteiger partial charge on any atom is -0.481 e. The molecule has 0 radical (unpaired) electrons. The second-order valence-corrected chi connectivity index (χ2v) is 13.2. The van der Waals surface area contributed by atoms with E-state index in [2.05, 4.69) is 29.6 Å². The van der Waals surface area contributed by atoms with Crippen molar-refractivity contribution in [3.8, 4) is 11.1 Å². The minimum atomic E-state index is -1.37. The third kappa shape index (κ3) is 8.34. The van der Waals surface area contributed by atoms with Gasteiger partial charge in [-0.05, 0) is 47.1 Å². The lowest BCUT2D eigenvalue weighted by atomic mass is 9.90. The Hall–Kier alpha value is -3.31. The molecule has 0 heterocycles. The summed E-state index contributed by atoms with van der Waals surface area (Å²) < 4.78 is 11.6. The number of methoxy groups -OCH3 is 1. The number of carboxylic acid groups (broad SMARTS) is 1. The largest absolute Gasteiger partial charge is 0.481 e. The highest BCUT2D eigenvalue weighted by atomic mass is 16.6. The number of nitrogens with one attached hydrogen (secondary N) is 1. The molecule has 6 atom stereocenters. The molecule has 1 aliphatic carbocycles. The number of fused-ring (bicyclic) bond motifs is 3. The Morgan fingerprint density at radius 1 is 0.913 bits per heavy atom. The fourth-order valence-corrected chi connectivity index (χ4v) is 6.71. The van der Waals surface area contributed by atoms with E-state index >= 15 is 0 Å². The summed E-state index contributed by atoms with van der Waals surface area (Å²) in [4.78, 5) is 42.4. The molecule has 0 saturated carbocycles. The molecule has 3 rings (SSSR count). The molecule has 0 aliphatic heterocycles. The van der Waals surface area contributed by atoms with Crippen LogP contribution in [0.15, 0.2) is 48.5 Å². The van der Waals surface area contributed by atoms with Crippen molar-refractivity contribution in [1.82, 2.24) is 15.1 Å². The summed E-state index contributed by atoms with van der Waals surface area (Å²) in [5, 5.41) is 23.6. The summed E-state index contributed by atoms with van der Waals surface area (Å²) in [5.41, 5.74) is 4.57. The molecule has 2 amide bonds. The van der Waals surface area contributed by atoms with Crippen molar-refractivity contribution < 1.29 is 34.1 Å². The summed E-state index contributed by atoms with van der Waals surface area (Å²) in [7, 11) is 4.72. The van der Waals surface area contributed by atoms with E-state index in [1.807, 2.05) is 65.8 Å². The molecule has 46 heavy (non-hydrogen) atoms. The van der Waals surface area contributed by atoms with E-state index in [0.29, 0.717) is 6.42 Å². The highest BCUT2D eigenvalue weighted by Crippen LogP contribution is 2.44. The third-order valence-electron chi connectivity index (χ3n) is 9.37. The van der Waals surface area contributed by atoms with E-state index in [4.69, 9.17) is 9.47 Å². The summed E-state index contributed by atoms with van der Waals surface area (Å²) in [6, 6.07) is 14.1. The quantitative estimate of drug-likeness (QED) is 0.215. The first kappa shape index (κ1) is 37.2. The SMILES string of the molecule is CC[C@H](C)[C@@H]([C@@H](CC(=O)O)OC)N(C)C(=O)[C@@H](NC(=O)[C@H](C(C)C)N(C)C(O)OCC1c2ccccc2-c2ccccc21)C(C)C. The number of aliphatic carboxylic acids is 1. The van der Waals surface area contributed by atoms with Crippen LogP contribution in [0.3, 0.4) is 0 Å². The fraction of sp³-hybridized carbons (Fsp3) is 0.583. The number of carbonyl (C=O) groups excluding carboxylic acids is 2. The zero-order valence-corrected chi connectivity index (χ0v) is 28.8. The van der Waals surface area contributed by atoms with Gasteiger partial charge < -0.3 is 29.9 Å². The lowest BCUT2D eigenvalue weighted by Crippen LogP contribution is -2.60. The van der Waals surface area contributed by atoms with E-state index in [9.17, 15) is 24.6 Å². The average Bonchev–Trinajstić information content (AvgIpc) is 3.34. The summed E-state index contributed by atoms with van der Waals surface area (Å²) in [6.07, 6.45) is -1.64. The van der Waals surface area contributed by atoms with Crippen molar-refractivity contribution in [3.63, 3.8) is 0 Å². The smallest absolute Gasteiger partial charge is 0.306 e. The number of aliphatic hydroxyl groups is 1. The van der Waals surface area contributed by atoms with Crippen molar-refractivity contribution >= 4 is 17.8 Å². The number of hydrogen-bond donors (Lipinski definition) is 3. The summed E-state index contributed by atoms with van der Waals surface area (Å²) in [6.45, 7) is 11.6. The Balaban J connectivity index is 1.76. The van der Waals surface area contributed by atoms with Gasteiger partial charge in [-0.2, -0.15) is 0 Å². The van der Waals surface area contributed by atoms with E-state index in [1.54, 1.807) is 14.1 Å². The molecule has 1 aliphatic rings. The Labute approximate surface area is 274 Å². The lowest BCUT2D eigenvalue weighted by Gasteiger charge is -2.40. The van der Waals surface area contributed by atoms with Gasteiger partial charge in [0.1, 0.15) is 6.04 Å². The summed E-state index contributed by atoms with van der Waals surface area (Å²) >= 11 is 0. The van der Waals surface area contributed by atoms with Crippen LogP contribution in [0.1, 0.15) is 71.4 Å². The molecule has 0 aromatic heterocycles. The number of nitrogens with zero attached hydrogens (tertiary/aromatic N) is 2. The standard InChI is InChI=1S/C36H53N3O7/c1-10-23(6)33(29(45-9)19-30(40)41)38(7)35(43)31(21(2)3)37-34(42)32(22(4)5)39(8)36(44)46-20-28-26-17-13-11-15-24(26)25-16-12-14-18-27(25)28/h11-18,21-23,28-29,31-33,36,44H,10,19-20H2,1-9H3,(H,37,42)(H,40,41)/t23-,29+,31-,32-,33-,36?/m0/s1. The molecule has 3 N–H and O–H groups in total. The first-order chi connectivity index (χ1) is 21.7. The number of amides is 2. The van der Waals surface area contributed by atoms with Crippen molar-refractivity contribution in [2.75, 3.05) is 27.8 Å². The van der Waals surface area contributed by atoms with E-state index < -0.39 is 42.5 Å². The van der Waals surface area contributed by atoms with Crippen LogP contribution in [0.4, 0.5) is 0 Å². The molecule has 0 spiro atoms. The molecule has 10 heteroatoms. The number of ether oxygens (including phenoxy) is 2. The fourth-order valence-electron chi connectivity index (χ4n) is 6.71. The van der Waals surface area contributed by atoms with Crippen LogP contribution in [-0.2, 0) is 23.9 Å². The third-order valence-corrected chi connectivity index (χ3v) is 9.37. The van der Waals surface area contributed by atoms with Crippen LogP contribution >= 0.6 is 0 Å². The van der Waals surface area contributed by atoms with Gasteiger partial charge >= 0.3 is 5.97 Å². The second-order valence-electron chi connectivity index (χ2n) is 13.2. The van der Waals surface area contributed by atoms with Gasteiger partial charge in [0.2, 0.25) is 18.2 Å². The number of likely N-dealkylation sites (N-methyl/N-ethyl adjacent to an activating group) is 2. The highest BCUT2D eigenvalue weighted by Gasteiger charge is 2.40. The number of carboxylic acids is 1. The van der Waals surface area contributed by atoms with Gasteiger partial charge in [0.15, 0.2) is 0 Å². The molecule has 254 valence electrons. The Morgan fingerprint density at radius 3 is 1.91 bits per heavy atom. The molecule has 2 aromatic rings. The normalized spacial score (nSPS) is 16.8. The maximum Gasteiger partial charge on any atom is 0.306 e. The highest BCUT2D eigenvalue weighted by molar-refractivity contribution is 5.90. The van der Waals surface area contributed by atoms with Gasteiger partial charge in [-0.1, -0.05) is 96.5 Å². The average molecular weight is 640 g/mol. The number of benzene rings is 2. The molecule has 1 unspecified atom stereocenters. The Bertz CT molecular complexity index is 1290. The van der Waals surface area contributed by atoms with Crippen LogP contribution in [-0.4, -0.2) is 96.3 Å². The lowest BCUT2D eigenvalue weighted by molar-refractivity contribution is -0.203. The van der Waals surface area contributed by atoms with E-state index in [1.165, 1.54) is 16.9 Å². The van der Waals surface area contributed by atoms with Gasteiger partial charge in [-0.15, -0.1) is 0 Å². The van der Waals surface area contributed by atoms with Crippen LogP contribution < -0.4 is 5.32 Å². The number of carbonyl (C=O) groups is 3. The van der Waals surface area contributed by atoms with Crippen molar-refractivity contribution in [1.29, 1.82) is 0 Å². The molecular formula is C36H53N3O7. The van der Waals surface area contributed by atoms with Gasteiger partial charge in [0.05, 0.1) is 31.2 Å². The number of hydrogen-bond acceptors (Lipinski definition) is 7. The van der Waals surface area contributed by atoms with Crippen LogP contribution in [0, 0.1) is 17.8 Å². The van der Waals surface area contributed by atoms with Crippen molar-refractivity contribution in [3.05, 3.63) is 59.7 Å². The van der Waals surface area contributed by atoms with Gasteiger partial charge in [-0.25, -0.2) is 4.90 Å². The molecular weight excluding hydrogens is 586 g/mol. The number of rotatable bonds is 17. The Kier molecular flexibility index (Phi) is 13.3. The first-order valence-corrected chi connectivity index (χ1v) is 16.3. The number of aliphatic hydroxyl groups excluding tert-OH is 1. The Morgan fingerprint density at radius 2 is 1.46 bits per heavy atom. The second kappa shape index (κ2) is 16.5. The molecule has 0 saturated heterocycles. The van der Waals surface area contributed by atoms with Crippen molar-refractivity contribution in [2.24, 2.45) is 17.8 Å². The monoisotopic (exact) mass is 639 g/mol. The van der Waals surface area contributed by atoms with E-state index in [-0.39, 0.29) is 42.6 Å². The minimum absolute atomic E-state index is 0.0533. The molecule has 0 fully saturated rings. The maximum absolute atomic E-state index is 14.0. The zero-order valence-electron chi connectivity index (χ0n) is 28.8. The zero-order chi connectivity index (χ0) is 34.3. The predicted octanol–water partition coefficient (Wildman–Crippen LogP) is 4.55. The predicted molar refractivity (Wildman–Crippen MR) is 178 cm³/mol. The van der Waals surface area contributed by atoms with Crippen LogP contribution in [0.25, 0.3) is 11.1 Å². The van der Waals surface area contributed by atoms with Gasteiger partial charge in [-0.3, -0.25) is 14.4 Å². The van der Waals surface area contributed by atoms with Crippen molar-refractivity contribution in [2.45, 2.75) is 90.9 Å². The van der Waals surface area contributed by atoms with E-state index in [0.717, 1.165) is 22.3 Å². The summed E-state index contributed by atoms with van der Waals surface area (Å²) in [5.74, 6) is -2.36. The van der Waals surface area contributed by atoms with Gasteiger partial charge in [0.25, 0.3) is 0 Å². The first-order valence-electron chi connectivity index (χ1n) is 16.3. The van der Waals surface area contributed by atoms with Crippen LogP contribution in [0.5, 0.6) is 0 Å². The molecule has 10 nitrogen and oxygen atoms in total. The topological polar surface area (TPSA) is 129 Å². The van der Waals surface area contributed by atoms with Crippen LogP contribution in [0.2, 0.25) is 0 Å². The molecule has 2 aromatic carbocycles.